The van der Waals surface area contributed by atoms with Crippen LogP contribution in [0.2, 0.25) is 0 Å². The first-order chi connectivity index (χ1) is 13.7. The van der Waals surface area contributed by atoms with Crippen LogP contribution < -0.4 is 14.4 Å². The number of esters is 1. The topological polar surface area (TPSA) is 57.2 Å². The van der Waals surface area contributed by atoms with Gasteiger partial charge in [-0.2, -0.15) is 0 Å². The van der Waals surface area contributed by atoms with Crippen molar-refractivity contribution in [2.75, 3.05) is 44.9 Å². The molecule has 2 aromatic carbocycles. The van der Waals surface area contributed by atoms with Gasteiger partial charge in [0.1, 0.15) is 24.7 Å². The summed E-state index contributed by atoms with van der Waals surface area (Å²) >= 11 is 0. The van der Waals surface area contributed by atoms with Gasteiger partial charge in [0.15, 0.2) is 6.10 Å². The van der Waals surface area contributed by atoms with Crippen molar-refractivity contribution in [1.29, 1.82) is 0 Å². The van der Waals surface area contributed by atoms with E-state index in [-0.39, 0.29) is 5.97 Å². The van der Waals surface area contributed by atoms with Crippen LogP contribution in [0.5, 0.6) is 11.5 Å². The summed E-state index contributed by atoms with van der Waals surface area (Å²) in [5, 5.41) is 0. The lowest BCUT2D eigenvalue weighted by Gasteiger charge is -2.31. The molecule has 0 aliphatic carbocycles. The van der Waals surface area contributed by atoms with E-state index in [0.717, 1.165) is 35.8 Å². The minimum atomic E-state index is -0.633. The van der Waals surface area contributed by atoms with Crippen LogP contribution in [0.25, 0.3) is 0 Å². The van der Waals surface area contributed by atoms with Crippen LogP contribution in [0.3, 0.4) is 0 Å². The van der Waals surface area contributed by atoms with Crippen LogP contribution in [0.1, 0.15) is 12.5 Å². The Hall–Kier alpha value is -2.73. The Kier molecular flexibility index (Phi) is 7.14. The average molecular weight is 385 g/mol. The second-order valence-corrected chi connectivity index (χ2v) is 6.43. The molecular weight excluding hydrogens is 358 g/mol. The summed E-state index contributed by atoms with van der Waals surface area (Å²) in [6, 6.07) is 15.8. The molecule has 0 bridgehead atoms. The zero-order chi connectivity index (χ0) is 19.8. The molecule has 0 fully saturated rings. The zero-order valence-electron chi connectivity index (χ0n) is 16.4. The molecule has 0 N–H and O–H groups in total. The Balaban J connectivity index is 1.62. The quantitative estimate of drug-likeness (QED) is 0.619. The predicted molar refractivity (Wildman–Crippen MR) is 107 cm³/mol. The van der Waals surface area contributed by atoms with E-state index in [2.05, 4.69) is 11.0 Å². The Labute approximate surface area is 166 Å². The smallest absolute Gasteiger partial charge is 0.335 e. The number of carbonyl (C=O) groups excluding carboxylic acids is 1. The molecule has 1 aliphatic heterocycles. The summed E-state index contributed by atoms with van der Waals surface area (Å²) in [6.45, 7) is 5.08. The maximum absolute atomic E-state index is 11.9. The van der Waals surface area contributed by atoms with Gasteiger partial charge in [0.05, 0.1) is 25.9 Å². The SMILES string of the molecule is CCOC(Cc1ccccc1OCCN1CCOc2ccccc21)C(=O)OC. The number of fused-ring (bicyclic) bond motifs is 1. The number of hydrogen-bond donors (Lipinski definition) is 0. The minimum Gasteiger partial charge on any atom is -0.491 e. The van der Waals surface area contributed by atoms with Crippen molar-refractivity contribution in [2.45, 2.75) is 19.4 Å². The molecule has 0 saturated heterocycles. The summed E-state index contributed by atoms with van der Waals surface area (Å²) in [5.41, 5.74) is 2.02. The number of methoxy groups -OCH3 is 1. The van der Waals surface area contributed by atoms with Crippen LogP contribution in [-0.4, -0.2) is 52.1 Å². The van der Waals surface area contributed by atoms with E-state index in [1.807, 2.05) is 49.4 Å². The van der Waals surface area contributed by atoms with E-state index < -0.39 is 6.10 Å². The molecule has 0 aromatic heterocycles. The van der Waals surface area contributed by atoms with Crippen molar-refractivity contribution in [2.24, 2.45) is 0 Å². The Morgan fingerprint density at radius 3 is 2.79 bits per heavy atom. The number of hydrogen-bond acceptors (Lipinski definition) is 6. The molecule has 0 saturated carbocycles. The lowest BCUT2D eigenvalue weighted by molar-refractivity contribution is -0.153. The highest BCUT2D eigenvalue weighted by Crippen LogP contribution is 2.30. The average Bonchev–Trinajstić information content (AvgIpc) is 2.74. The summed E-state index contributed by atoms with van der Waals surface area (Å²) in [6.07, 6.45) is -0.220. The molecular formula is C22H27NO5. The fraction of sp³-hybridized carbons (Fsp3) is 0.409. The van der Waals surface area contributed by atoms with E-state index >= 15 is 0 Å². The molecule has 1 atom stereocenters. The maximum Gasteiger partial charge on any atom is 0.335 e. The molecule has 150 valence electrons. The molecule has 6 nitrogen and oxygen atoms in total. The van der Waals surface area contributed by atoms with Crippen LogP contribution in [0.4, 0.5) is 5.69 Å². The number of rotatable bonds is 9. The molecule has 2 aromatic rings. The van der Waals surface area contributed by atoms with Crippen molar-refractivity contribution in [3.8, 4) is 11.5 Å². The molecule has 1 unspecified atom stereocenters. The van der Waals surface area contributed by atoms with Crippen LogP contribution in [0, 0.1) is 0 Å². The van der Waals surface area contributed by atoms with Crippen molar-refractivity contribution in [3.63, 3.8) is 0 Å². The molecule has 6 heteroatoms. The van der Waals surface area contributed by atoms with Gasteiger partial charge >= 0.3 is 5.97 Å². The van der Waals surface area contributed by atoms with E-state index in [1.54, 1.807) is 0 Å². The Bertz CT molecular complexity index is 779. The van der Waals surface area contributed by atoms with Gasteiger partial charge in [0, 0.05) is 13.0 Å². The van der Waals surface area contributed by atoms with E-state index in [1.165, 1.54) is 7.11 Å². The first kappa shape index (κ1) is 20.0. The lowest BCUT2D eigenvalue weighted by Crippen LogP contribution is -2.35. The van der Waals surface area contributed by atoms with Gasteiger partial charge in [-0.15, -0.1) is 0 Å². The summed E-state index contributed by atoms with van der Waals surface area (Å²) < 4.78 is 22.1. The third kappa shape index (κ3) is 4.95. The van der Waals surface area contributed by atoms with Crippen LogP contribution in [0.15, 0.2) is 48.5 Å². The van der Waals surface area contributed by atoms with Crippen molar-refractivity contribution < 1.29 is 23.7 Å². The standard InChI is InChI=1S/C22H27NO5/c1-3-26-21(22(24)25-2)16-17-8-4-6-10-19(17)27-14-12-23-13-15-28-20-11-7-5-9-18(20)23/h4-11,21H,3,12-16H2,1-2H3. The number of ether oxygens (including phenoxy) is 4. The van der Waals surface area contributed by atoms with Gasteiger partial charge in [-0.25, -0.2) is 4.79 Å². The Morgan fingerprint density at radius 1 is 1.18 bits per heavy atom. The number of carbonyl (C=O) groups is 1. The van der Waals surface area contributed by atoms with Crippen LogP contribution in [-0.2, 0) is 20.7 Å². The number of benzene rings is 2. The molecule has 1 heterocycles. The summed E-state index contributed by atoms with van der Waals surface area (Å²) in [5.74, 6) is 1.30. The maximum atomic E-state index is 11.9. The minimum absolute atomic E-state index is 0.374. The van der Waals surface area contributed by atoms with Crippen molar-refractivity contribution in [3.05, 3.63) is 54.1 Å². The number of anilines is 1. The predicted octanol–water partition coefficient (Wildman–Crippen LogP) is 3.09. The highest BCUT2D eigenvalue weighted by Gasteiger charge is 2.22. The third-order valence-electron chi connectivity index (χ3n) is 4.65. The van der Waals surface area contributed by atoms with Crippen molar-refractivity contribution >= 4 is 11.7 Å². The Morgan fingerprint density at radius 2 is 1.96 bits per heavy atom. The first-order valence-corrected chi connectivity index (χ1v) is 9.59. The normalized spacial score (nSPS) is 14.0. The largest absolute Gasteiger partial charge is 0.491 e. The van der Waals surface area contributed by atoms with Crippen LogP contribution >= 0.6 is 0 Å². The molecule has 0 spiro atoms. The summed E-state index contributed by atoms with van der Waals surface area (Å²) in [7, 11) is 1.37. The summed E-state index contributed by atoms with van der Waals surface area (Å²) in [4.78, 5) is 14.2. The van der Waals surface area contributed by atoms with Gasteiger partial charge in [-0.3, -0.25) is 0 Å². The van der Waals surface area contributed by atoms with Gasteiger partial charge in [-0.05, 0) is 30.7 Å². The van der Waals surface area contributed by atoms with Gasteiger partial charge in [0.2, 0.25) is 0 Å². The third-order valence-corrected chi connectivity index (χ3v) is 4.65. The van der Waals surface area contributed by atoms with Gasteiger partial charge in [-0.1, -0.05) is 30.3 Å². The fourth-order valence-electron chi connectivity index (χ4n) is 3.28. The van der Waals surface area contributed by atoms with Gasteiger partial charge < -0.3 is 23.8 Å². The number of nitrogens with zero attached hydrogens (tertiary/aromatic N) is 1. The lowest BCUT2D eigenvalue weighted by atomic mass is 10.1. The molecule has 0 radical (unpaired) electrons. The molecule has 3 rings (SSSR count). The number of para-hydroxylation sites is 3. The van der Waals surface area contributed by atoms with E-state index in [4.69, 9.17) is 18.9 Å². The monoisotopic (exact) mass is 385 g/mol. The second kappa shape index (κ2) is 9.99. The van der Waals surface area contributed by atoms with Crippen molar-refractivity contribution in [1.82, 2.24) is 0 Å². The van der Waals surface area contributed by atoms with E-state index in [9.17, 15) is 4.79 Å². The second-order valence-electron chi connectivity index (χ2n) is 6.43. The highest BCUT2D eigenvalue weighted by atomic mass is 16.6. The molecule has 0 amide bonds. The zero-order valence-corrected chi connectivity index (χ0v) is 16.4. The molecule has 1 aliphatic rings. The van der Waals surface area contributed by atoms with Gasteiger partial charge in [0.25, 0.3) is 0 Å². The fourth-order valence-corrected chi connectivity index (χ4v) is 3.28. The molecule has 28 heavy (non-hydrogen) atoms. The first-order valence-electron chi connectivity index (χ1n) is 9.59. The highest BCUT2D eigenvalue weighted by molar-refractivity contribution is 5.75. The van der Waals surface area contributed by atoms with E-state index in [0.29, 0.717) is 26.2 Å².